The van der Waals surface area contributed by atoms with E-state index in [2.05, 4.69) is 5.32 Å². The van der Waals surface area contributed by atoms with E-state index in [1.54, 1.807) is 11.8 Å². The highest BCUT2D eigenvalue weighted by molar-refractivity contribution is 8.01. The topological polar surface area (TPSA) is 86.7 Å². The van der Waals surface area contributed by atoms with Crippen LogP contribution >= 0.6 is 11.8 Å². The van der Waals surface area contributed by atoms with Crippen LogP contribution in [0, 0.1) is 18.8 Å². The van der Waals surface area contributed by atoms with Crippen LogP contribution in [0.25, 0.3) is 0 Å². The van der Waals surface area contributed by atoms with Crippen LogP contribution in [0.15, 0.2) is 24.3 Å². The number of likely N-dealkylation sites (tertiary alicyclic amines) is 1. The average molecular weight is 378 g/mol. The molecule has 1 saturated heterocycles. The summed E-state index contributed by atoms with van der Waals surface area (Å²) in [5, 5.41) is 11.7. The number of anilines is 1. The minimum Gasteiger partial charge on any atom is -0.481 e. The van der Waals surface area contributed by atoms with Crippen LogP contribution in [0.3, 0.4) is 0 Å². The van der Waals surface area contributed by atoms with Gasteiger partial charge in [-0.05, 0) is 38.3 Å². The monoisotopic (exact) mass is 378 g/mol. The number of carbonyl (C=O) groups is 3. The lowest BCUT2D eigenvalue weighted by molar-refractivity contribution is -0.146. The lowest BCUT2D eigenvalue weighted by Gasteiger charge is -2.36. The van der Waals surface area contributed by atoms with Crippen molar-refractivity contribution in [3.8, 4) is 0 Å². The van der Waals surface area contributed by atoms with Crippen molar-refractivity contribution in [1.82, 2.24) is 4.90 Å². The van der Waals surface area contributed by atoms with Gasteiger partial charge in [-0.15, -0.1) is 11.8 Å². The molecule has 1 heterocycles. The smallest absolute Gasteiger partial charge is 0.308 e. The number of nitrogens with zero attached hydrogens (tertiary/aromatic N) is 1. The second kappa shape index (κ2) is 9.07. The molecule has 1 aliphatic heterocycles. The maximum Gasteiger partial charge on any atom is 0.308 e. The third-order valence-corrected chi connectivity index (χ3v) is 5.60. The van der Waals surface area contributed by atoms with E-state index >= 15 is 0 Å². The van der Waals surface area contributed by atoms with Crippen LogP contribution in [-0.2, 0) is 14.4 Å². The van der Waals surface area contributed by atoms with Crippen LogP contribution in [0.2, 0.25) is 0 Å². The summed E-state index contributed by atoms with van der Waals surface area (Å²) in [5.74, 6) is -1.29. The van der Waals surface area contributed by atoms with Gasteiger partial charge in [0.1, 0.15) is 0 Å². The number of benzene rings is 1. The van der Waals surface area contributed by atoms with E-state index in [0.717, 1.165) is 11.3 Å². The number of amides is 2. The Bertz CT molecular complexity index is 662. The minimum absolute atomic E-state index is 0.101. The number of thioether (sulfide) groups is 1. The molecule has 2 amide bonds. The average Bonchev–Trinajstić information content (AvgIpc) is 2.60. The number of hydrogen-bond donors (Lipinski definition) is 2. The Kier molecular flexibility index (Phi) is 7.08. The van der Waals surface area contributed by atoms with Crippen molar-refractivity contribution in [2.75, 3.05) is 24.2 Å². The van der Waals surface area contributed by atoms with Crippen molar-refractivity contribution in [1.29, 1.82) is 0 Å². The quantitative estimate of drug-likeness (QED) is 0.795. The van der Waals surface area contributed by atoms with Crippen LogP contribution in [0.1, 0.15) is 25.8 Å². The van der Waals surface area contributed by atoms with Crippen LogP contribution < -0.4 is 5.32 Å². The third-order valence-electron chi connectivity index (χ3n) is 4.47. The number of aryl methyl sites for hydroxylation is 1. The summed E-state index contributed by atoms with van der Waals surface area (Å²) in [7, 11) is 0. The fraction of sp³-hybridized carbons (Fsp3) is 0.526. The van der Waals surface area contributed by atoms with Gasteiger partial charge in [-0.3, -0.25) is 14.4 Å². The molecule has 3 atom stereocenters. The SMILES string of the molecule is Cc1ccc(NC(=O)CSC(C)C(=O)N2CC(C)CC(C(=O)O)C2)cc1. The number of aliphatic carboxylic acids is 1. The molecule has 1 fully saturated rings. The van der Waals surface area contributed by atoms with E-state index in [1.807, 2.05) is 38.1 Å². The summed E-state index contributed by atoms with van der Waals surface area (Å²) in [6.07, 6.45) is 0.597. The summed E-state index contributed by atoms with van der Waals surface area (Å²) in [6.45, 7) is 6.52. The molecule has 0 spiro atoms. The van der Waals surface area contributed by atoms with E-state index in [4.69, 9.17) is 0 Å². The Labute approximate surface area is 158 Å². The highest BCUT2D eigenvalue weighted by atomic mass is 32.2. The number of rotatable bonds is 6. The fourth-order valence-electron chi connectivity index (χ4n) is 3.07. The Morgan fingerprint density at radius 3 is 2.54 bits per heavy atom. The lowest BCUT2D eigenvalue weighted by Crippen LogP contribution is -2.48. The van der Waals surface area contributed by atoms with Gasteiger partial charge in [0.05, 0.1) is 16.9 Å². The molecule has 0 saturated carbocycles. The molecule has 2 rings (SSSR count). The summed E-state index contributed by atoms with van der Waals surface area (Å²) in [6, 6.07) is 7.53. The number of piperidine rings is 1. The van der Waals surface area contributed by atoms with Crippen molar-refractivity contribution in [2.24, 2.45) is 11.8 Å². The normalized spacial score (nSPS) is 21.1. The number of carbonyl (C=O) groups excluding carboxylic acids is 2. The Morgan fingerprint density at radius 1 is 1.27 bits per heavy atom. The molecule has 142 valence electrons. The summed E-state index contributed by atoms with van der Waals surface area (Å²) in [4.78, 5) is 37.5. The number of hydrogen-bond acceptors (Lipinski definition) is 4. The third kappa shape index (κ3) is 5.76. The summed E-state index contributed by atoms with van der Waals surface area (Å²) >= 11 is 1.27. The van der Waals surface area contributed by atoms with Gasteiger partial charge < -0.3 is 15.3 Å². The van der Waals surface area contributed by atoms with Gasteiger partial charge in [0.25, 0.3) is 0 Å². The number of carboxylic acid groups (broad SMARTS) is 1. The Balaban J connectivity index is 1.83. The van der Waals surface area contributed by atoms with E-state index in [9.17, 15) is 19.5 Å². The fourth-order valence-corrected chi connectivity index (χ4v) is 3.84. The first-order chi connectivity index (χ1) is 12.3. The molecule has 0 radical (unpaired) electrons. The molecular formula is C19H26N2O4S. The largest absolute Gasteiger partial charge is 0.481 e. The minimum atomic E-state index is -0.855. The first-order valence-corrected chi connectivity index (χ1v) is 9.81. The van der Waals surface area contributed by atoms with Gasteiger partial charge in [0.2, 0.25) is 11.8 Å². The van der Waals surface area contributed by atoms with Crippen LogP contribution in [0.4, 0.5) is 5.69 Å². The van der Waals surface area contributed by atoms with Crippen molar-refractivity contribution in [3.63, 3.8) is 0 Å². The zero-order valence-corrected chi connectivity index (χ0v) is 16.2. The number of carboxylic acids is 1. The van der Waals surface area contributed by atoms with Crippen molar-refractivity contribution >= 4 is 35.2 Å². The van der Waals surface area contributed by atoms with Gasteiger partial charge in [-0.1, -0.05) is 24.6 Å². The zero-order chi connectivity index (χ0) is 19.3. The summed E-state index contributed by atoms with van der Waals surface area (Å²) in [5.41, 5.74) is 1.85. The highest BCUT2D eigenvalue weighted by Gasteiger charge is 2.33. The van der Waals surface area contributed by atoms with Gasteiger partial charge >= 0.3 is 5.97 Å². The van der Waals surface area contributed by atoms with Gasteiger partial charge in [0.15, 0.2) is 0 Å². The molecule has 0 aromatic heterocycles. The molecule has 1 aliphatic rings. The molecule has 6 nitrogen and oxygen atoms in total. The van der Waals surface area contributed by atoms with E-state index in [0.29, 0.717) is 13.0 Å². The van der Waals surface area contributed by atoms with Crippen LogP contribution in [-0.4, -0.2) is 51.9 Å². The van der Waals surface area contributed by atoms with Crippen molar-refractivity contribution < 1.29 is 19.5 Å². The maximum absolute atomic E-state index is 12.6. The van der Waals surface area contributed by atoms with Crippen molar-refractivity contribution in [2.45, 2.75) is 32.4 Å². The molecule has 1 aromatic rings. The van der Waals surface area contributed by atoms with Gasteiger partial charge in [-0.2, -0.15) is 0 Å². The molecule has 1 aromatic carbocycles. The molecular weight excluding hydrogens is 352 g/mol. The predicted octanol–water partition coefficient (Wildman–Crippen LogP) is 2.62. The first-order valence-electron chi connectivity index (χ1n) is 8.76. The van der Waals surface area contributed by atoms with Gasteiger partial charge in [-0.25, -0.2) is 0 Å². The van der Waals surface area contributed by atoms with E-state index in [1.165, 1.54) is 11.8 Å². The van der Waals surface area contributed by atoms with E-state index in [-0.39, 0.29) is 30.0 Å². The zero-order valence-electron chi connectivity index (χ0n) is 15.4. The molecule has 26 heavy (non-hydrogen) atoms. The second-order valence-electron chi connectivity index (χ2n) is 6.99. The Morgan fingerprint density at radius 2 is 1.92 bits per heavy atom. The number of nitrogens with one attached hydrogen (secondary N) is 1. The van der Waals surface area contributed by atoms with Crippen LogP contribution in [0.5, 0.6) is 0 Å². The molecule has 7 heteroatoms. The molecule has 2 N–H and O–H groups in total. The highest BCUT2D eigenvalue weighted by Crippen LogP contribution is 2.24. The molecule has 3 unspecified atom stereocenters. The summed E-state index contributed by atoms with van der Waals surface area (Å²) < 4.78 is 0. The van der Waals surface area contributed by atoms with Gasteiger partial charge in [0, 0.05) is 18.8 Å². The van der Waals surface area contributed by atoms with Crippen molar-refractivity contribution in [3.05, 3.63) is 29.8 Å². The Hall–Kier alpha value is -2.02. The molecule has 0 bridgehead atoms. The van der Waals surface area contributed by atoms with E-state index < -0.39 is 17.1 Å². The second-order valence-corrected chi connectivity index (χ2v) is 8.32. The lowest BCUT2D eigenvalue weighted by atomic mass is 9.90. The maximum atomic E-state index is 12.6. The molecule has 0 aliphatic carbocycles. The standard InChI is InChI=1S/C19H26N2O4S/c1-12-4-6-16(7-5-12)20-17(22)11-26-14(3)18(23)21-9-13(2)8-15(10-21)19(24)25/h4-7,13-15H,8-11H2,1-3H3,(H,20,22)(H,24,25). The first kappa shape index (κ1) is 20.3. The predicted molar refractivity (Wildman–Crippen MR) is 103 cm³/mol.